The zero-order valence-corrected chi connectivity index (χ0v) is 41.3. The average Bonchev–Trinajstić information content (AvgIpc) is 3.89. The largest absolute Gasteiger partial charge is 0.310 e. The Bertz CT molecular complexity index is 4170. The molecule has 0 saturated carbocycles. The first-order chi connectivity index (χ1) is 37.2. The van der Waals surface area contributed by atoms with Gasteiger partial charge in [-0.3, -0.25) is 0 Å². The quantitative estimate of drug-likeness (QED) is 0.126. The molecule has 13 aromatic carbocycles. The van der Waals surface area contributed by atoms with Gasteiger partial charge >= 0.3 is 0 Å². The van der Waals surface area contributed by atoms with Gasteiger partial charge in [-0.25, -0.2) is 0 Å². The summed E-state index contributed by atoms with van der Waals surface area (Å²) in [7, 11) is 0. The summed E-state index contributed by atoms with van der Waals surface area (Å²) in [6.07, 6.45) is 0. The van der Waals surface area contributed by atoms with Gasteiger partial charge in [-0.15, -0.1) is 0 Å². The number of hydrogen-bond acceptors (Lipinski definition) is 2. The van der Waals surface area contributed by atoms with Crippen LogP contribution in [0.1, 0.15) is 22.3 Å². The Hall–Kier alpha value is -9.76. The molecule has 1 aliphatic carbocycles. The molecule has 0 saturated heterocycles. The van der Waals surface area contributed by atoms with Crippen molar-refractivity contribution in [2.75, 3.05) is 9.80 Å². The van der Waals surface area contributed by atoms with E-state index in [0.29, 0.717) is 0 Å². The van der Waals surface area contributed by atoms with Gasteiger partial charge in [-0.2, -0.15) is 0 Å². The predicted molar refractivity (Wildman–Crippen MR) is 317 cm³/mol. The van der Waals surface area contributed by atoms with Gasteiger partial charge in [0.25, 0.3) is 0 Å². The van der Waals surface area contributed by atoms with E-state index in [0.717, 1.165) is 34.1 Å². The Kier molecular flexibility index (Phi) is 10.8. The van der Waals surface area contributed by atoms with Crippen LogP contribution in [0.4, 0.5) is 34.1 Å². The first-order valence-electron chi connectivity index (χ1n) is 25.9. The summed E-state index contributed by atoms with van der Waals surface area (Å²) in [5, 5.41) is 7.31. The van der Waals surface area contributed by atoms with E-state index in [9.17, 15) is 0 Å². The van der Waals surface area contributed by atoms with E-state index in [-0.39, 0.29) is 0 Å². The monoisotopic (exact) mass is 954 g/mol. The van der Waals surface area contributed by atoms with Gasteiger partial charge in [0.15, 0.2) is 0 Å². The lowest BCUT2D eigenvalue weighted by Gasteiger charge is -2.35. The Balaban J connectivity index is 1.02. The minimum absolute atomic E-state index is 0.673. The number of benzene rings is 13. The van der Waals surface area contributed by atoms with Crippen LogP contribution in [-0.2, 0) is 5.41 Å². The first-order valence-corrected chi connectivity index (χ1v) is 25.9. The highest BCUT2D eigenvalue weighted by Gasteiger charge is 2.48. The zero-order chi connectivity index (χ0) is 49.7. The third-order valence-corrected chi connectivity index (χ3v) is 15.4. The van der Waals surface area contributed by atoms with Gasteiger partial charge < -0.3 is 9.80 Å². The maximum atomic E-state index is 2.52. The molecule has 0 aliphatic heterocycles. The number of anilines is 6. The second kappa shape index (κ2) is 18.4. The third-order valence-electron chi connectivity index (χ3n) is 15.4. The van der Waals surface area contributed by atoms with Crippen molar-refractivity contribution in [1.82, 2.24) is 0 Å². The molecule has 0 bridgehead atoms. The van der Waals surface area contributed by atoms with Crippen LogP contribution in [0.3, 0.4) is 0 Å². The van der Waals surface area contributed by atoms with E-state index in [1.54, 1.807) is 0 Å². The van der Waals surface area contributed by atoms with Crippen molar-refractivity contribution in [2.45, 2.75) is 5.41 Å². The van der Waals surface area contributed by atoms with Crippen molar-refractivity contribution in [2.24, 2.45) is 0 Å². The van der Waals surface area contributed by atoms with Crippen molar-refractivity contribution < 1.29 is 0 Å². The molecule has 0 atom stereocenters. The normalized spacial score (nSPS) is 12.4. The minimum atomic E-state index is -0.673. The Labute approximate surface area is 438 Å². The maximum absolute atomic E-state index is 2.52. The summed E-state index contributed by atoms with van der Waals surface area (Å²) in [5.41, 5.74) is 18.3. The van der Waals surface area contributed by atoms with Crippen molar-refractivity contribution in [3.8, 4) is 33.4 Å². The molecule has 13 aromatic rings. The van der Waals surface area contributed by atoms with Crippen LogP contribution in [0.5, 0.6) is 0 Å². The van der Waals surface area contributed by atoms with E-state index in [1.807, 2.05) is 0 Å². The van der Waals surface area contributed by atoms with E-state index < -0.39 is 5.41 Å². The molecule has 75 heavy (non-hydrogen) atoms. The number of fused-ring (bicyclic) bond motifs is 9. The highest BCUT2D eigenvalue weighted by Crippen LogP contribution is 2.61. The third kappa shape index (κ3) is 7.41. The summed E-state index contributed by atoms with van der Waals surface area (Å²) < 4.78 is 0. The van der Waals surface area contributed by atoms with Crippen molar-refractivity contribution in [1.29, 1.82) is 0 Å². The van der Waals surface area contributed by atoms with E-state index in [2.05, 4.69) is 313 Å². The molecule has 352 valence electrons. The molecule has 0 aromatic heterocycles. The summed E-state index contributed by atoms with van der Waals surface area (Å²) in [6, 6.07) is 112. The molecular weight excluding hydrogens is 905 g/mol. The van der Waals surface area contributed by atoms with Gasteiger partial charge in [-0.1, -0.05) is 218 Å². The van der Waals surface area contributed by atoms with Crippen LogP contribution in [0.25, 0.3) is 65.7 Å². The summed E-state index contributed by atoms with van der Waals surface area (Å²) in [6.45, 7) is 0. The predicted octanol–water partition coefficient (Wildman–Crippen LogP) is 19.8. The van der Waals surface area contributed by atoms with E-state index >= 15 is 0 Å². The van der Waals surface area contributed by atoms with Gasteiger partial charge in [0, 0.05) is 34.1 Å². The topological polar surface area (TPSA) is 6.48 Å². The molecule has 0 fully saturated rings. The molecular formula is C73H50N2. The van der Waals surface area contributed by atoms with E-state index in [4.69, 9.17) is 0 Å². The highest BCUT2D eigenvalue weighted by molar-refractivity contribution is 6.20. The second-order valence-corrected chi connectivity index (χ2v) is 19.6. The number of rotatable bonds is 10. The first kappa shape index (κ1) is 44.0. The van der Waals surface area contributed by atoms with Crippen LogP contribution in [0.15, 0.2) is 303 Å². The molecule has 14 rings (SSSR count). The second-order valence-electron chi connectivity index (χ2n) is 19.6. The summed E-state index contributed by atoms with van der Waals surface area (Å²) >= 11 is 0. The molecule has 2 heteroatoms. The molecule has 0 radical (unpaired) electrons. The fourth-order valence-corrected chi connectivity index (χ4v) is 12.2. The van der Waals surface area contributed by atoms with Crippen LogP contribution < -0.4 is 9.80 Å². The molecule has 1 aliphatic rings. The standard InChI is InChI=1S/C73H50N2/c1-7-23-51(24-8-1)53-27-21-37-61(45-53)74(59-33-15-5-16-34-59)63-42-41-55-48-69-70(49-56(55)47-63)73(57-29-11-3-12-30-57,58-31-13-4-14-32-58)72-67-44-43-64(50-68(67)65-39-19-20-40-66(65)71(69)72)75(60-35-17-6-18-36-60)62-38-22-28-54(46-62)52-25-9-2-10-26-52/h1-50H. The van der Waals surface area contributed by atoms with Crippen molar-refractivity contribution >= 4 is 66.4 Å². The Morgan fingerprint density at radius 2 is 0.667 bits per heavy atom. The number of nitrogens with zero attached hydrogens (tertiary/aromatic N) is 2. The minimum Gasteiger partial charge on any atom is -0.310 e. The highest BCUT2D eigenvalue weighted by atomic mass is 15.1. The van der Waals surface area contributed by atoms with E-state index in [1.165, 1.54) is 88.0 Å². The lowest BCUT2D eigenvalue weighted by molar-refractivity contribution is 0.777. The maximum Gasteiger partial charge on any atom is 0.0720 e. The SMILES string of the molecule is c1ccc(-c2cccc(N(c3ccccc3)c3ccc4cc5c(cc4c3)C(c3ccccc3)(c3ccccc3)c3c-5c4ccccc4c4cc(N(c5ccccc5)c5cccc(-c6ccccc6)c5)ccc34)c2)cc1. The lowest BCUT2D eigenvalue weighted by Crippen LogP contribution is -2.29. The molecule has 0 N–H and O–H groups in total. The van der Waals surface area contributed by atoms with Gasteiger partial charge in [0.05, 0.1) is 5.41 Å². The van der Waals surface area contributed by atoms with Crippen LogP contribution in [0, 0.1) is 0 Å². The zero-order valence-electron chi connectivity index (χ0n) is 41.3. The smallest absolute Gasteiger partial charge is 0.0720 e. The molecule has 0 amide bonds. The molecule has 2 nitrogen and oxygen atoms in total. The van der Waals surface area contributed by atoms with Gasteiger partial charge in [0.1, 0.15) is 0 Å². The fourth-order valence-electron chi connectivity index (χ4n) is 12.2. The van der Waals surface area contributed by atoms with Crippen molar-refractivity contribution in [3.05, 3.63) is 326 Å². The average molecular weight is 955 g/mol. The molecule has 0 unspecified atom stereocenters. The summed E-state index contributed by atoms with van der Waals surface area (Å²) in [5.74, 6) is 0. The van der Waals surface area contributed by atoms with Crippen LogP contribution in [0.2, 0.25) is 0 Å². The van der Waals surface area contributed by atoms with Crippen molar-refractivity contribution in [3.63, 3.8) is 0 Å². The summed E-state index contributed by atoms with van der Waals surface area (Å²) in [4.78, 5) is 4.80. The lowest BCUT2D eigenvalue weighted by atomic mass is 9.66. The van der Waals surface area contributed by atoms with Crippen LogP contribution >= 0.6 is 0 Å². The molecule has 0 heterocycles. The number of hydrogen-bond donors (Lipinski definition) is 0. The number of para-hydroxylation sites is 2. The fraction of sp³-hybridized carbons (Fsp3) is 0.0137. The molecule has 0 spiro atoms. The van der Waals surface area contributed by atoms with Gasteiger partial charge in [0.2, 0.25) is 0 Å². The van der Waals surface area contributed by atoms with Crippen LogP contribution in [-0.4, -0.2) is 0 Å². The Morgan fingerprint density at radius 3 is 1.21 bits per heavy atom. The van der Waals surface area contributed by atoms with Gasteiger partial charge in [-0.05, 0) is 173 Å². The Morgan fingerprint density at radius 1 is 0.240 bits per heavy atom.